The summed E-state index contributed by atoms with van der Waals surface area (Å²) in [4.78, 5) is 21.0. The van der Waals surface area contributed by atoms with Crippen LogP contribution in [0.4, 0.5) is 10.6 Å². The number of hydrogen-bond acceptors (Lipinski definition) is 6. The minimum absolute atomic E-state index is 0.239. The Bertz CT molecular complexity index is 1040. The van der Waals surface area contributed by atoms with Crippen LogP contribution in [-0.4, -0.2) is 34.0 Å². The Morgan fingerprint density at radius 2 is 2.09 bits per heavy atom. The first-order chi connectivity index (χ1) is 16.3. The summed E-state index contributed by atoms with van der Waals surface area (Å²) in [7, 11) is 0. The number of carbonyl (C=O) groups excluding carboxylic acids is 1. The molecule has 0 atom stereocenters. The van der Waals surface area contributed by atoms with E-state index in [1.54, 1.807) is 13.3 Å². The standard InChI is InChI=1S/C25H34ClN5O3/c1-5-33-22-11-8-20(12-16(22)2)13-28-25(32)34-14-19-6-9-21(10-7-19)31-15-29-23(17(3)27)24(31)30-18(4)26/h8,11-12,15,19,21H,3,5-7,9-10,13-14,27H2,1-2,4H3,(H,28,32). The molecule has 0 unspecified atom stereocenters. The molecule has 0 saturated heterocycles. The second-order valence-electron chi connectivity index (χ2n) is 8.62. The highest BCUT2D eigenvalue weighted by atomic mass is 35.5. The Hall–Kier alpha value is -3.00. The number of aliphatic imine (C=N–C) groups is 1. The van der Waals surface area contributed by atoms with Gasteiger partial charge in [0.15, 0.2) is 5.82 Å². The van der Waals surface area contributed by atoms with Crippen molar-refractivity contribution in [3.05, 3.63) is 47.9 Å². The van der Waals surface area contributed by atoms with E-state index in [1.165, 1.54) is 0 Å². The summed E-state index contributed by atoms with van der Waals surface area (Å²) in [5, 5.41) is 3.24. The molecule has 1 aliphatic rings. The van der Waals surface area contributed by atoms with Crippen LogP contribution in [0.2, 0.25) is 0 Å². The third kappa shape index (κ3) is 6.76. The molecule has 8 nitrogen and oxygen atoms in total. The van der Waals surface area contributed by atoms with Gasteiger partial charge in [0.2, 0.25) is 0 Å². The third-order valence-corrected chi connectivity index (χ3v) is 6.05. The number of aryl methyl sites for hydroxylation is 1. The van der Waals surface area contributed by atoms with Crippen molar-refractivity contribution in [1.29, 1.82) is 0 Å². The Balaban J connectivity index is 1.46. The molecule has 1 heterocycles. The zero-order valence-electron chi connectivity index (χ0n) is 20.1. The van der Waals surface area contributed by atoms with Crippen LogP contribution in [0, 0.1) is 12.8 Å². The summed E-state index contributed by atoms with van der Waals surface area (Å²) in [5.41, 5.74) is 8.84. The van der Waals surface area contributed by atoms with Crippen LogP contribution in [0.5, 0.6) is 5.75 Å². The van der Waals surface area contributed by atoms with Crippen LogP contribution in [0.3, 0.4) is 0 Å². The summed E-state index contributed by atoms with van der Waals surface area (Å²) >= 11 is 6.02. The number of carbonyl (C=O) groups is 1. The highest BCUT2D eigenvalue weighted by Crippen LogP contribution is 2.36. The fraction of sp³-hybridized carbons (Fsp3) is 0.480. The number of rotatable bonds is 9. The highest BCUT2D eigenvalue weighted by molar-refractivity contribution is 6.65. The van der Waals surface area contributed by atoms with Gasteiger partial charge in [0.05, 0.1) is 25.2 Å². The van der Waals surface area contributed by atoms with E-state index in [-0.39, 0.29) is 6.04 Å². The largest absolute Gasteiger partial charge is 0.494 e. The number of halogens is 1. The topological polar surface area (TPSA) is 104 Å². The van der Waals surface area contributed by atoms with E-state index < -0.39 is 6.09 Å². The van der Waals surface area contributed by atoms with Gasteiger partial charge in [0.1, 0.15) is 16.6 Å². The van der Waals surface area contributed by atoms with E-state index in [2.05, 4.69) is 21.9 Å². The zero-order chi connectivity index (χ0) is 24.7. The van der Waals surface area contributed by atoms with Crippen LogP contribution in [0.25, 0.3) is 5.70 Å². The number of alkyl carbamates (subject to hydrolysis) is 1. The molecule has 1 aliphatic carbocycles. The van der Waals surface area contributed by atoms with Crippen molar-refractivity contribution in [2.45, 2.75) is 59.0 Å². The second-order valence-corrected chi connectivity index (χ2v) is 9.16. The fourth-order valence-corrected chi connectivity index (χ4v) is 4.33. The Morgan fingerprint density at radius 1 is 1.35 bits per heavy atom. The first-order valence-electron chi connectivity index (χ1n) is 11.6. The number of ether oxygens (including phenoxy) is 2. The van der Waals surface area contributed by atoms with Gasteiger partial charge in [-0.1, -0.05) is 30.3 Å². The van der Waals surface area contributed by atoms with Crippen LogP contribution in [0.15, 0.2) is 36.1 Å². The van der Waals surface area contributed by atoms with E-state index in [4.69, 9.17) is 26.8 Å². The maximum atomic E-state index is 12.2. The van der Waals surface area contributed by atoms with E-state index in [9.17, 15) is 4.79 Å². The molecule has 1 aromatic heterocycles. The number of hydrogen-bond donors (Lipinski definition) is 2. The summed E-state index contributed by atoms with van der Waals surface area (Å²) < 4.78 is 13.1. The number of nitrogens with one attached hydrogen (secondary N) is 1. The molecule has 0 radical (unpaired) electrons. The average Bonchev–Trinajstić information content (AvgIpc) is 3.21. The van der Waals surface area contributed by atoms with Crippen LogP contribution in [0.1, 0.15) is 62.4 Å². The zero-order valence-corrected chi connectivity index (χ0v) is 20.9. The quantitative estimate of drug-likeness (QED) is 0.456. The maximum Gasteiger partial charge on any atom is 0.407 e. The van der Waals surface area contributed by atoms with Crippen molar-refractivity contribution in [2.75, 3.05) is 13.2 Å². The molecule has 1 fully saturated rings. The number of benzene rings is 1. The lowest BCUT2D eigenvalue weighted by Gasteiger charge is -2.29. The molecule has 0 spiro atoms. The minimum atomic E-state index is -0.399. The van der Waals surface area contributed by atoms with Gasteiger partial charge in [-0.15, -0.1) is 0 Å². The van der Waals surface area contributed by atoms with E-state index >= 15 is 0 Å². The van der Waals surface area contributed by atoms with Gasteiger partial charge in [-0.3, -0.25) is 0 Å². The smallest absolute Gasteiger partial charge is 0.407 e. The molecule has 2 aromatic rings. The summed E-state index contributed by atoms with van der Waals surface area (Å²) in [6.45, 7) is 10.9. The SMILES string of the molecule is C=C(N)c1ncn(C2CCC(COC(=O)NCc3ccc(OCC)c(C)c3)CC2)c1N=C(C)Cl. The maximum absolute atomic E-state index is 12.2. The lowest BCUT2D eigenvalue weighted by atomic mass is 9.86. The molecule has 1 saturated carbocycles. The average molecular weight is 488 g/mol. The van der Waals surface area contributed by atoms with Crippen molar-refractivity contribution in [1.82, 2.24) is 14.9 Å². The number of amides is 1. The van der Waals surface area contributed by atoms with Gasteiger partial charge in [-0.2, -0.15) is 0 Å². The lowest BCUT2D eigenvalue weighted by Crippen LogP contribution is -2.28. The van der Waals surface area contributed by atoms with Gasteiger partial charge in [0, 0.05) is 12.6 Å². The van der Waals surface area contributed by atoms with Crippen LogP contribution < -0.4 is 15.8 Å². The first-order valence-corrected chi connectivity index (χ1v) is 12.0. The van der Waals surface area contributed by atoms with Gasteiger partial charge >= 0.3 is 6.09 Å². The molecule has 184 valence electrons. The molecule has 0 aliphatic heterocycles. The number of imidazole rings is 1. The highest BCUT2D eigenvalue weighted by Gasteiger charge is 2.26. The van der Waals surface area contributed by atoms with E-state index in [1.807, 2.05) is 36.6 Å². The normalized spacial score (nSPS) is 18.4. The molecule has 34 heavy (non-hydrogen) atoms. The Labute approximate surface area is 206 Å². The molecule has 3 rings (SSSR count). The monoisotopic (exact) mass is 487 g/mol. The summed E-state index contributed by atoms with van der Waals surface area (Å²) in [6, 6.07) is 6.13. The predicted octanol–water partition coefficient (Wildman–Crippen LogP) is 5.47. The number of aromatic nitrogens is 2. The van der Waals surface area contributed by atoms with Crippen LogP contribution in [-0.2, 0) is 11.3 Å². The number of nitrogens with two attached hydrogens (primary N) is 1. The molecule has 1 amide bonds. The summed E-state index contributed by atoms with van der Waals surface area (Å²) in [5.74, 6) is 1.83. The van der Waals surface area contributed by atoms with Crippen molar-refractivity contribution < 1.29 is 14.3 Å². The van der Waals surface area contributed by atoms with Crippen LogP contribution >= 0.6 is 11.6 Å². The predicted molar refractivity (Wildman–Crippen MR) is 136 cm³/mol. The second kappa shape index (κ2) is 11.9. The number of nitrogens with zero attached hydrogens (tertiary/aromatic N) is 3. The molecule has 0 bridgehead atoms. The Kier molecular flexibility index (Phi) is 8.98. The molecule has 1 aromatic carbocycles. The molecule has 9 heteroatoms. The minimum Gasteiger partial charge on any atom is -0.494 e. The molecule has 3 N–H and O–H groups in total. The molecular weight excluding hydrogens is 454 g/mol. The van der Waals surface area contributed by atoms with Gasteiger partial charge in [-0.05, 0) is 69.6 Å². The van der Waals surface area contributed by atoms with Gasteiger partial charge < -0.3 is 25.1 Å². The van der Waals surface area contributed by atoms with E-state index in [0.717, 1.165) is 42.6 Å². The van der Waals surface area contributed by atoms with E-state index in [0.29, 0.717) is 48.1 Å². The fourth-order valence-electron chi connectivity index (χ4n) is 4.25. The van der Waals surface area contributed by atoms with Crippen molar-refractivity contribution in [2.24, 2.45) is 16.6 Å². The first kappa shape index (κ1) is 25.6. The van der Waals surface area contributed by atoms with Gasteiger partial charge in [-0.25, -0.2) is 14.8 Å². The molecular formula is C25H34ClN5O3. The third-order valence-electron chi connectivity index (χ3n) is 5.97. The van der Waals surface area contributed by atoms with Gasteiger partial charge in [0.25, 0.3) is 0 Å². The van der Waals surface area contributed by atoms with Crippen molar-refractivity contribution in [3.63, 3.8) is 0 Å². The van der Waals surface area contributed by atoms with Crippen molar-refractivity contribution >= 4 is 34.4 Å². The van der Waals surface area contributed by atoms with Crippen molar-refractivity contribution in [3.8, 4) is 5.75 Å². The summed E-state index contributed by atoms with van der Waals surface area (Å²) in [6.07, 6.45) is 5.09. The Morgan fingerprint density at radius 3 is 2.71 bits per heavy atom. The lowest BCUT2D eigenvalue weighted by molar-refractivity contribution is 0.109.